The summed E-state index contributed by atoms with van der Waals surface area (Å²) in [6, 6.07) is 6.50. The highest BCUT2D eigenvalue weighted by atomic mass is 79.9. The summed E-state index contributed by atoms with van der Waals surface area (Å²) >= 11 is 3.52. The van der Waals surface area contributed by atoms with Crippen LogP contribution < -0.4 is 10.1 Å². The number of ether oxygens (including phenoxy) is 2. The van der Waals surface area contributed by atoms with E-state index >= 15 is 0 Å². The van der Waals surface area contributed by atoms with Gasteiger partial charge in [-0.15, -0.1) is 0 Å². The molecule has 4 heteroatoms. The SMILES string of the molecule is CCCNC(C)c1ccc(Br)cc1OCCC(C)(C)OC. The first-order chi connectivity index (χ1) is 9.89. The Morgan fingerprint density at radius 3 is 2.67 bits per heavy atom. The van der Waals surface area contributed by atoms with Crippen molar-refractivity contribution in [2.24, 2.45) is 0 Å². The van der Waals surface area contributed by atoms with Gasteiger partial charge in [-0.3, -0.25) is 0 Å². The second-order valence-electron chi connectivity index (χ2n) is 5.92. The minimum atomic E-state index is -0.155. The summed E-state index contributed by atoms with van der Waals surface area (Å²) in [7, 11) is 1.74. The molecule has 0 aliphatic rings. The van der Waals surface area contributed by atoms with E-state index in [0.717, 1.165) is 29.6 Å². The summed E-state index contributed by atoms with van der Waals surface area (Å²) < 4.78 is 12.5. The van der Waals surface area contributed by atoms with Crippen LogP contribution in [0.3, 0.4) is 0 Å². The molecule has 0 fully saturated rings. The van der Waals surface area contributed by atoms with E-state index in [0.29, 0.717) is 6.61 Å². The average Bonchev–Trinajstić information content (AvgIpc) is 2.44. The number of hydrogen-bond acceptors (Lipinski definition) is 3. The molecule has 0 aliphatic heterocycles. The first-order valence-corrected chi connectivity index (χ1v) is 8.39. The Morgan fingerprint density at radius 2 is 2.05 bits per heavy atom. The second-order valence-corrected chi connectivity index (χ2v) is 6.84. The molecule has 0 aromatic heterocycles. The van der Waals surface area contributed by atoms with E-state index in [9.17, 15) is 0 Å². The Morgan fingerprint density at radius 1 is 1.33 bits per heavy atom. The normalized spacial score (nSPS) is 13.2. The van der Waals surface area contributed by atoms with Crippen LogP contribution in [0.5, 0.6) is 5.75 Å². The third-order valence-electron chi connectivity index (χ3n) is 3.66. The van der Waals surface area contributed by atoms with Crippen molar-refractivity contribution in [3.8, 4) is 5.75 Å². The highest BCUT2D eigenvalue weighted by Crippen LogP contribution is 2.29. The lowest BCUT2D eigenvalue weighted by Crippen LogP contribution is -2.25. The number of rotatable bonds is 9. The molecular weight excluding hydrogens is 330 g/mol. The Labute approximate surface area is 137 Å². The van der Waals surface area contributed by atoms with Crippen LogP contribution in [0, 0.1) is 0 Å². The van der Waals surface area contributed by atoms with E-state index in [1.807, 2.05) is 6.07 Å². The predicted octanol–water partition coefficient (Wildman–Crippen LogP) is 4.70. The molecule has 1 atom stereocenters. The van der Waals surface area contributed by atoms with E-state index in [2.05, 4.69) is 61.1 Å². The molecular formula is C17H28BrNO2. The lowest BCUT2D eigenvalue weighted by molar-refractivity contribution is 0.00534. The average molecular weight is 358 g/mol. The van der Waals surface area contributed by atoms with Gasteiger partial charge in [-0.25, -0.2) is 0 Å². The summed E-state index contributed by atoms with van der Waals surface area (Å²) in [5, 5.41) is 3.51. The summed E-state index contributed by atoms with van der Waals surface area (Å²) in [6.45, 7) is 10.1. The molecule has 120 valence electrons. The summed E-state index contributed by atoms with van der Waals surface area (Å²) in [5.41, 5.74) is 1.04. The first-order valence-electron chi connectivity index (χ1n) is 7.60. The summed E-state index contributed by atoms with van der Waals surface area (Å²) in [5.74, 6) is 0.937. The van der Waals surface area contributed by atoms with Crippen LogP contribution in [0.1, 0.15) is 52.1 Å². The van der Waals surface area contributed by atoms with E-state index < -0.39 is 0 Å². The summed E-state index contributed by atoms with van der Waals surface area (Å²) in [6.07, 6.45) is 1.98. The maximum Gasteiger partial charge on any atom is 0.125 e. The van der Waals surface area contributed by atoms with E-state index in [-0.39, 0.29) is 11.6 Å². The number of benzene rings is 1. The van der Waals surface area contributed by atoms with Crippen LogP contribution in [0.15, 0.2) is 22.7 Å². The molecule has 1 aromatic rings. The minimum Gasteiger partial charge on any atom is -0.493 e. The lowest BCUT2D eigenvalue weighted by atomic mass is 10.1. The van der Waals surface area contributed by atoms with Crippen molar-refractivity contribution >= 4 is 15.9 Å². The van der Waals surface area contributed by atoms with E-state index in [1.54, 1.807) is 7.11 Å². The molecule has 3 nitrogen and oxygen atoms in total. The third kappa shape index (κ3) is 6.37. The standard InChI is InChI=1S/C17H28BrNO2/c1-6-10-19-13(2)15-8-7-14(18)12-16(15)21-11-9-17(3,4)20-5/h7-8,12-13,19H,6,9-11H2,1-5H3. The monoisotopic (exact) mass is 357 g/mol. The van der Waals surface area contributed by atoms with Crippen LogP contribution in [-0.2, 0) is 4.74 Å². The van der Waals surface area contributed by atoms with Gasteiger partial charge in [0, 0.05) is 29.6 Å². The zero-order chi connectivity index (χ0) is 15.9. The maximum absolute atomic E-state index is 6.01. The molecule has 0 radical (unpaired) electrons. The van der Waals surface area contributed by atoms with Crippen LogP contribution >= 0.6 is 15.9 Å². The Hall–Kier alpha value is -0.580. The number of hydrogen-bond donors (Lipinski definition) is 1. The van der Waals surface area contributed by atoms with Gasteiger partial charge >= 0.3 is 0 Å². The molecule has 0 saturated carbocycles. The minimum absolute atomic E-state index is 0.155. The molecule has 1 aromatic carbocycles. The van der Waals surface area contributed by atoms with Crippen molar-refractivity contribution in [1.82, 2.24) is 5.32 Å². The highest BCUT2D eigenvalue weighted by molar-refractivity contribution is 9.10. The largest absolute Gasteiger partial charge is 0.493 e. The van der Waals surface area contributed by atoms with Gasteiger partial charge in [0.2, 0.25) is 0 Å². The van der Waals surface area contributed by atoms with Crippen LogP contribution in [0.25, 0.3) is 0 Å². The zero-order valence-corrected chi connectivity index (χ0v) is 15.4. The molecule has 1 N–H and O–H groups in total. The lowest BCUT2D eigenvalue weighted by Gasteiger charge is -2.24. The molecule has 1 rings (SSSR count). The molecule has 21 heavy (non-hydrogen) atoms. The van der Waals surface area contributed by atoms with Gasteiger partial charge in [-0.1, -0.05) is 28.9 Å². The van der Waals surface area contributed by atoms with Gasteiger partial charge in [0.1, 0.15) is 5.75 Å². The van der Waals surface area contributed by atoms with Crippen molar-refractivity contribution in [3.05, 3.63) is 28.2 Å². The topological polar surface area (TPSA) is 30.5 Å². The van der Waals surface area contributed by atoms with Crippen molar-refractivity contribution in [1.29, 1.82) is 0 Å². The summed E-state index contributed by atoms with van der Waals surface area (Å²) in [4.78, 5) is 0. The molecule has 0 saturated heterocycles. The fourth-order valence-electron chi connectivity index (χ4n) is 1.97. The molecule has 0 heterocycles. The fourth-order valence-corrected chi connectivity index (χ4v) is 2.31. The fraction of sp³-hybridized carbons (Fsp3) is 0.647. The molecule has 0 amide bonds. The van der Waals surface area contributed by atoms with Crippen LogP contribution in [-0.4, -0.2) is 25.9 Å². The molecule has 0 bridgehead atoms. The van der Waals surface area contributed by atoms with Gasteiger partial charge in [0.25, 0.3) is 0 Å². The second kappa shape index (κ2) is 8.76. The van der Waals surface area contributed by atoms with Crippen molar-refractivity contribution < 1.29 is 9.47 Å². The first kappa shape index (κ1) is 18.5. The van der Waals surface area contributed by atoms with Crippen molar-refractivity contribution in [2.75, 3.05) is 20.3 Å². The zero-order valence-electron chi connectivity index (χ0n) is 13.8. The smallest absolute Gasteiger partial charge is 0.125 e. The molecule has 0 aliphatic carbocycles. The third-order valence-corrected chi connectivity index (χ3v) is 4.15. The quantitative estimate of drug-likeness (QED) is 0.694. The predicted molar refractivity (Wildman–Crippen MR) is 92.1 cm³/mol. The van der Waals surface area contributed by atoms with Gasteiger partial charge in [0.15, 0.2) is 0 Å². The van der Waals surface area contributed by atoms with E-state index in [1.165, 1.54) is 5.56 Å². The highest BCUT2D eigenvalue weighted by Gasteiger charge is 2.17. The van der Waals surface area contributed by atoms with Crippen LogP contribution in [0.4, 0.5) is 0 Å². The number of nitrogens with one attached hydrogen (secondary N) is 1. The maximum atomic E-state index is 6.01. The van der Waals surface area contributed by atoms with Crippen molar-refractivity contribution in [3.63, 3.8) is 0 Å². The number of halogens is 1. The number of methoxy groups -OCH3 is 1. The van der Waals surface area contributed by atoms with Crippen molar-refractivity contribution in [2.45, 2.75) is 52.2 Å². The Balaban J connectivity index is 2.73. The van der Waals surface area contributed by atoms with Gasteiger partial charge in [-0.05, 0) is 45.9 Å². The molecule has 1 unspecified atom stereocenters. The van der Waals surface area contributed by atoms with Gasteiger partial charge in [0.05, 0.1) is 12.2 Å². The Kier molecular flexibility index (Phi) is 7.71. The van der Waals surface area contributed by atoms with Gasteiger partial charge < -0.3 is 14.8 Å². The molecule has 0 spiro atoms. The van der Waals surface area contributed by atoms with Gasteiger partial charge in [-0.2, -0.15) is 0 Å². The van der Waals surface area contributed by atoms with Crippen LogP contribution in [0.2, 0.25) is 0 Å². The van der Waals surface area contributed by atoms with E-state index in [4.69, 9.17) is 9.47 Å². The Bertz CT molecular complexity index is 435.